The standard InChI is InChI=1S/C16H15NO2/c1-3-10-17-11(2)13-9-8-12-6-4-5-7-14(12)15(13)19-16(17)18/h4-9H,2-3,10H2,1H3. The first-order valence-corrected chi connectivity index (χ1v) is 6.42. The molecule has 1 aliphatic rings. The normalized spacial score (nSPS) is 14.5. The van der Waals surface area contributed by atoms with Gasteiger partial charge in [-0.2, -0.15) is 0 Å². The molecule has 0 N–H and O–H groups in total. The van der Waals surface area contributed by atoms with E-state index in [2.05, 4.69) is 6.58 Å². The minimum absolute atomic E-state index is 0.337. The van der Waals surface area contributed by atoms with Gasteiger partial charge < -0.3 is 4.74 Å². The van der Waals surface area contributed by atoms with E-state index in [1.54, 1.807) is 4.90 Å². The molecule has 0 aromatic heterocycles. The van der Waals surface area contributed by atoms with E-state index in [0.717, 1.165) is 28.5 Å². The largest absolute Gasteiger partial charge is 0.419 e. The summed E-state index contributed by atoms with van der Waals surface area (Å²) < 4.78 is 5.51. The van der Waals surface area contributed by atoms with Gasteiger partial charge in [0, 0.05) is 17.5 Å². The molecule has 0 aliphatic carbocycles. The van der Waals surface area contributed by atoms with Gasteiger partial charge in [0.25, 0.3) is 0 Å². The number of hydrogen-bond acceptors (Lipinski definition) is 2. The van der Waals surface area contributed by atoms with Crippen LogP contribution >= 0.6 is 0 Å². The molecule has 0 fully saturated rings. The molecule has 0 bridgehead atoms. The monoisotopic (exact) mass is 253 g/mol. The fourth-order valence-electron chi connectivity index (χ4n) is 2.43. The Hall–Kier alpha value is -2.29. The van der Waals surface area contributed by atoms with Crippen molar-refractivity contribution in [2.24, 2.45) is 0 Å². The number of carbonyl (C=O) groups excluding carboxylic acids is 1. The van der Waals surface area contributed by atoms with Crippen LogP contribution in [0.25, 0.3) is 16.5 Å². The van der Waals surface area contributed by atoms with Crippen LogP contribution in [0.4, 0.5) is 4.79 Å². The average molecular weight is 253 g/mol. The lowest BCUT2D eigenvalue weighted by atomic mass is 10.0. The summed E-state index contributed by atoms with van der Waals surface area (Å²) in [5.41, 5.74) is 1.62. The molecule has 19 heavy (non-hydrogen) atoms. The van der Waals surface area contributed by atoms with E-state index in [1.165, 1.54) is 0 Å². The van der Waals surface area contributed by atoms with Crippen LogP contribution in [0.1, 0.15) is 18.9 Å². The van der Waals surface area contributed by atoms with E-state index in [4.69, 9.17) is 4.74 Å². The van der Waals surface area contributed by atoms with Crippen LogP contribution in [-0.2, 0) is 0 Å². The number of benzene rings is 2. The molecule has 2 aromatic rings. The lowest BCUT2D eigenvalue weighted by Crippen LogP contribution is -2.36. The molecule has 96 valence electrons. The lowest BCUT2D eigenvalue weighted by Gasteiger charge is -2.30. The number of carbonyl (C=O) groups is 1. The van der Waals surface area contributed by atoms with Crippen LogP contribution in [0.5, 0.6) is 5.75 Å². The zero-order valence-corrected chi connectivity index (χ0v) is 10.8. The summed E-state index contributed by atoms with van der Waals surface area (Å²) in [4.78, 5) is 13.6. The Bertz CT molecular complexity index is 676. The minimum Gasteiger partial charge on any atom is -0.409 e. The van der Waals surface area contributed by atoms with Gasteiger partial charge in [0.2, 0.25) is 0 Å². The molecule has 1 amide bonds. The minimum atomic E-state index is -0.337. The van der Waals surface area contributed by atoms with E-state index < -0.39 is 0 Å². The summed E-state index contributed by atoms with van der Waals surface area (Å²) >= 11 is 0. The fraction of sp³-hybridized carbons (Fsp3) is 0.188. The first kappa shape index (κ1) is 11.8. The molecule has 0 saturated carbocycles. The van der Waals surface area contributed by atoms with E-state index in [9.17, 15) is 4.79 Å². The highest BCUT2D eigenvalue weighted by molar-refractivity contribution is 5.99. The molecule has 1 aliphatic heterocycles. The van der Waals surface area contributed by atoms with Gasteiger partial charge in [-0.05, 0) is 17.9 Å². The predicted molar refractivity (Wildman–Crippen MR) is 76.0 cm³/mol. The summed E-state index contributed by atoms with van der Waals surface area (Å²) in [6.45, 7) is 6.69. The van der Waals surface area contributed by atoms with Crippen LogP contribution in [-0.4, -0.2) is 17.5 Å². The molecule has 1 heterocycles. The molecule has 0 atom stereocenters. The molecule has 0 saturated heterocycles. The van der Waals surface area contributed by atoms with Crippen molar-refractivity contribution >= 4 is 22.6 Å². The zero-order chi connectivity index (χ0) is 13.4. The summed E-state index contributed by atoms with van der Waals surface area (Å²) in [7, 11) is 0. The van der Waals surface area contributed by atoms with Gasteiger partial charge in [-0.25, -0.2) is 4.79 Å². The summed E-state index contributed by atoms with van der Waals surface area (Å²) in [6, 6.07) is 11.9. The fourth-order valence-corrected chi connectivity index (χ4v) is 2.43. The highest BCUT2D eigenvalue weighted by Crippen LogP contribution is 2.38. The Morgan fingerprint density at radius 1 is 1.21 bits per heavy atom. The van der Waals surface area contributed by atoms with Crippen molar-refractivity contribution < 1.29 is 9.53 Å². The van der Waals surface area contributed by atoms with E-state index in [1.807, 2.05) is 43.3 Å². The predicted octanol–water partition coefficient (Wildman–Crippen LogP) is 4.03. The third kappa shape index (κ3) is 1.78. The Morgan fingerprint density at radius 3 is 2.79 bits per heavy atom. The lowest BCUT2D eigenvalue weighted by molar-refractivity contribution is 0.169. The van der Waals surface area contributed by atoms with E-state index >= 15 is 0 Å². The molecule has 3 heteroatoms. The highest BCUT2D eigenvalue weighted by Gasteiger charge is 2.28. The van der Waals surface area contributed by atoms with E-state index in [-0.39, 0.29) is 6.09 Å². The van der Waals surface area contributed by atoms with E-state index in [0.29, 0.717) is 12.3 Å². The van der Waals surface area contributed by atoms with Crippen LogP contribution in [0.15, 0.2) is 43.0 Å². The Kier molecular flexibility index (Phi) is 2.75. The molecule has 0 radical (unpaired) electrons. The second kappa shape index (κ2) is 4.43. The van der Waals surface area contributed by atoms with Crippen LogP contribution in [0, 0.1) is 0 Å². The van der Waals surface area contributed by atoms with Crippen molar-refractivity contribution in [3.63, 3.8) is 0 Å². The SMILES string of the molecule is C=C1c2ccc3ccccc3c2OC(=O)N1CCC. The quantitative estimate of drug-likeness (QED) is 0.808. The molecular weight excluding hydrogens is 238 g/mol. The van der Waals surface area contributed by atoms with Gasteiger partial charge in [0.1, 0.15) is 5.75 Å². The van der Waals surface area contributed by atoms with Gasteiger partial charge in [0.15, 0.2) is 0 Å². The first-order chi connectivity index (χ1) is 9.22. The average Bonchev–Trinajstić information content (AvgIpc) is 2.43. The third-order valence-corrected chi connectivity index (χ3v) is 3.37. The number of rotatable bonds is 2. The summed E-state index contributed by atoms with van der Waals surface area (Å²) in [5.74, 6) is 0.625. The number of fused-ring (bicyclic) bond motifs is 3. The third-order valence-electron chi connectivity index (χ3n) is 3.37. The Morgan fingerprint density at radius 2 is 2.00 bits per heavy atom. The first-order valence-electron chi connectivity index (χ1n) is 6.42. The molecule has 3 nitrogen and oxygen atoms in total. The maximum Gasteiger partial charge on any atom is 0.419 e. The smallest absolute Gasteiger partial charge is 0.409 e. The Balaban J connectivity index is 2.18. The van der Waals surface area contributed by atoms with Gasteiger partial charge in [-0.1, -0.05) is 43.8 Å². The van der Waals surface area contributed by atoms with Gasteiger partial charge in [-0.3, -0.25) is 4.90 Å². The van der Waals surface area contributed by atoms with Gasteiger partial charge >= 0.3 is 6.09 Å². The number of hydrogen-bond donors (Lipinski definition) is 0. The van der Waals surface area contributed by atoms with Crippen molar-refractivity contribution in [3.8, 4) is 5.75 Å². The molecule has 0 unspecified atom stereocenters. The topological polar surface area (TPSA) is 29.5 Å². The molecule has 3 rings (SSSR count). The van der Waals surface area contributed by atoms with Crippen molar-refractivity contribution in [2.75, 3.05) is 6.54 Å². The van der Waals surface area contributed by atoms with Crippen LogP contribution < -0.4 is 4.74 Å². The number of ether oxygens (including phenoxy) is 1. The van der Waals surface area contributed by atoms with Crippen molar-refractivity contribution in [2.45, 2.75) is 13.3 Å². The van der Waals surface area contributed by atoms with Gasteiger partial charge in [0.05, 0.1) is 5.70 Å². The van der Waals surface area contributed by atoms with Crippen molar-refractivity contribution in [1.29, 1.82) is 0 Å². The van der Waals surface area contributed by atoms with Gasteiger partial charge in [-0.15, -0.1) is 0 Å². The molecular formula is C16H15NO2. The van der Waals surface area contributed by atoms with Crippen molar-refractivity contribution in [1.82, 2.24) is 4.90 Å². The zero-order valence-electron chi connectivity index (χ0n) is 10.8. The maximum atomic E-state index is 12.0. The highest BCUT2D eigenvalue weighted by atomic mass is 16.6. The van der Waals surface area contributed by atoms with Crippen molar-refractivity contribution in [3.05, 3.63) is 48.5 Å². The number of nitrogens with zero attached hydrogens (tertiary/aromatic N) is 1. The summed E-state index contributed by atoms with van der Waals surface area (Å²) in [6.07, 6.45) is 0.535. The second-order valence-corrected chi connectivity index (χ2v) is 4.63. The van der Waals surface area contributed by atoms with Crippen LogP contribution in [0.2, 0.25) is 0 Å². The molecule has 0 spiro atoms. The maximum absolute atomic E-state index is 12.0. The Labute approximate surface area is 112 Å². The second-order valence-electron chi connectivity index (χ2n) is 4.63. The van der Waals surface area contributed by atoms with Crippen LogP contribution in [0.3, 0.4) is 0 Å². The summed E-state index contributed by atoms with van der Waals surface area (Å²) in [5, 5.41) is 2.01. The number of amides is 1. The molecule has 2 aromatic carbocycles.